The van der Waals surface area contributed by atoms with E-state index in [9.17, 15) is 9.59 Å². The number of hydrogen-bond donors (Lipinski definition) is 0. The Morgan fingerprint density at radius 1 is 0.783 bits per heavy atom. The van der Waals surface area contributed by atoms with Gasteiger partial charge in [0.25, 0.3) is 0 Å². The maximum absolute atomic E-state index is 12.3. The van der Waals surface area contributed by atoms with Crippen molar-refractivity contribution in [3.05, 3.63) is 0 Å². The highest BCUT2D eigenvalue weighted by Gasteiger charge is 2.46. The van der Waals surface area contributed by atoms with Gasteiger partial charge in [0.05, 0.1) is 11.8 Å². The van der Waals surface area contributed by atoms with Gasteiger partial charge in [-0.2, -0.15) is 0 Å². The van der Waals surface area contributed by atoms with E-state index in [4.69, 9.17) is 14.2 Å². The standard InChI is InChI=1S/C18H26O5/c1-21-18(22-16(19)14-8-10-2-4-12(14)6-10)23-17(20)15-9-11-3-5-13(15)7-11/h10-15,18H,2-9H2,1H3. The van der Waals surface area contributed by atoms with E-state index in [1.807, 2.05) is 0 Å². The molecule has 0 aromatic carbocycles. The van der Waals surface area contributed by atoms with E-state index >= 15 is 0 Å². The van der Waals surface area contributed by atoms with Crippen molar-refractivity contribution in [2.75, 3.05) is 7.11 Å². The van der Waals surface area contributed by atoms with Gasteiger partial charge in [-0.15, -0.1) is 0 Å². The zero-order valence-electron chi connectivity index (χ0n) is 13.7. The van der Waals surface area contributed by atoms with Crippen LogP contribution in [0.3, 0.4) is 0 Å². The molecule has 4 rings (SSSR count). The van der Waals surface area contributed by atoms with Crippen LogP contribution in [0.25, 0.3) is 0 Å². The summed E-state index contributed by atoms with van der Waals surface area (Å²) in [6.07, 6.45) is 8.83. The molecule has 6 unspecified atom stereocenters. The van der Waals surface area contributed by atoms with Gasteiger partial charge >= 0.3 is 18.4 Å². The lowest BCUT2D eigenvalue weighted by Gasteiger charge is -2.25. The van der Waals surface area contributed by atoms with Gasteiger partial charge in [-0.1, -0.05) is 12.8 Å². The fourth-order valence-corrected chi connectivity index (χ4v) is 5.55. The van der Waals surface area contributed by atoms with Crippen molar-refractivity contribution < 1.29 is 23.8 Å². The predicted molar refractivity (Wildman–Crippen MR) is 80.9 cm³/mol. The molecule has 0 aliphatic heterocycles. The minimum Gasteiger partial charge on any atom is -0.400 e. The highest BCUT2D eigenvalue weighted by Crippen LogP contribution is 2.50. The lowest BCUT2D eigenvalue weighted by Crippen LogP contribution is -2.34. The van der Waals surface area contributed by atoms with Crippen molar-refractivity contribution in [2.24, 2.45) is 35.5 Å². The molecule has 0 N–H and O–H groups in total. The highest BCUT2D eigenvalue weighted by atomic mass is 16.9. The Labute approximate surface area is 137 Å². The van der Waals surface area contributed by atoms with Gasteiger partial charge in [-0.05, 0) is 62.2 Å². The molecule has 128 valence electrons. The number of carbonyl (C=O) groups is 2. The van der Waals surface area contributed by atoms with Crippen LogP contribution in [-0.2, 0) is 23.8 Å². The van der Waals surface area contributed by atoms with Crippen molar-refractivity contribution in [1.82, 2.24) is 0 Å². The molecule has 0 saturated heterocycles. The van der Waals surface area contributed by atoms with Gasteiger partial charge in [0.1, 0.15) is 0 Å². The number of rotatable bonds is 5. The third-order valence-corrected chi connectivity index (χ3v) is 6.70. The molecule has 0 spiro atoms. The third kappa shape index (κ3) is 2.88. The van der Waals surface area contributed by atoms with Crippen LogP contribution in [0.1, 0.15) is 51.4 Å². The van der Waals surface area contributed by atoms with Crippen molar-refractivity contribution in [3.8, 4) is 0 Å². The first-order valence-electron chi connectivity index (χ1n) is 9.07. The highest BCUT2D eigenvalue weighted by molar-refractivity contribution is 5.75. The molecule has 0 amide bonds. The summed E-state index contributed by atoms with van der Waals surface area (Å²) in [5.41, 5.74) is 0. The Hall–Kier alpha value is -1.10. The monoisotopic (exact) mass is 322 g/mol. The van der Waals surface area contributed by atoms with Crippen LogP contribution in [-0.4, -0.2) is 25.5 Å². The largest absolute Gasteiger partial charge is 0.400 e. The van der Waals surface area contributed by atoms with Gasteiger partial charge in [0.2, 0.25) is 0 Å². The summed E-state index contributed by atoms with van der Waals surface area (Å²) >= 11 is 0. The minimum absolute atomic E-state index is 0.0346. The predicted octanol–water partition coefficient (Wildman–Crippen LogP) is 2.88. The molecular weight excluding hydrogens is 296 g/mol. The molecule has 4 saturated carbocycles. The Balaban J connectivity index is 1.30. The van der Waals surface area contributed by atoms with Crippen LogP contribution in [0.5, 0.6) is 0 Å². The van der Waals surface area contributed by atoms with E-state index in [1.165, 1.54) is 20.0 Å². The van der Waals surface area contributed by atoms with Crippen LogP contribution < -0.4 is 0 Å². The SMILES string of the molecule is COC(OC(=O)C1CC2CCC1C2)OC(=O)C1CC2CCC1C2. The van der Waals surface area contributed by atoms with E-state index in [1.54, 1.807) is 0 Å². The molecule has 0 heterocycles. The quantitative estimate of drug-likeness (QED) is 0.575. The van der Waals surface area contributed by atoms with Crippen molar-refractivity contribution >= 4 is 11.9 Å². The molecular formula is C18H26O5. The van der Waals surface area contributed by atoms with Gasteiger partial charge < -0.3 is 14.2 Å². The molecule has 4 aliphatic carbocycles. The minimum atomic E-state index is -1.19. The third-order valence-electron chi connectivity index (χ3n) is 6.70. The summed E-state index contributed by atoms with van der Waals surface area (Å²) in [6.45, 7) is -1.19. The van der Waals surface area contributed by atoms with Crippen molar-refractivity contribution in [1.29, 1.82) is 0 Å². The molecule has 0 radical (unpaired) electrons. The molecule has 6 atom stereocenters. The molecule has 0 aromatic rings. The van der Waals surface area contributed by atoms with Crippen LogP contribution >= 0.6 is 0 Å². The van der Waals surface area contributed by atoms with Crippen LogP contribution in [0.4, 0.5) is 0 Å². The molecule has 4 fully saturated rings. The Morgan fingerprint density at radius 2 is 1.26 bits per heavy atom. The number of hydrogen-bond acceptors (Lipinski definition) is 5. The summed E-state index contributed by atoms with van der Waals surface area (Å²) in [5.74, 6) is 1.66. The van der Waals surface area contributed by atoms with E-state index in [-0.39, 0.29) is 23.8 Å². The van der Waals surface area contributed by atoms with E-state index in [2.05, 4.69) is 0 Å². The first-order valence-corrected chi connectivity index (χ1v) is 9.07. The summed E-state index contributed by atoms with van der Waals surface area (Å²) in [6, 6.07) is 0. The summed E-state index contributed by atoms with van der Waals surface area (Å²) in [4.78, 5) is 24.7. The smallest absolute Gasteiger partial charge is 0.364 e. The van der Waals surface area contributed by atoms with Gasteiger partial charge in [-0.3, -0.25) is 9.59 Å². The number of esters is 2. The second kappa shape index (κ2) is 6.08. The first-order chi connectivity index (χ1) is 11.1. The number of ether oxygens (including phenoxy) is 3. The molecule has 5 heteroatoms. The zero-order chi connectivity index (χ0) is 16.0. The second-order valence-electron chi connectivity index (χ2n) is 7.96. The second-order valence-corrected chi connectivity index (χ2v) is 7.96. The topological polar surface area (TPSA) is 61.8 Å². The fourth-order valence-electron chi connectivity index (χ4n) is 5.55. The molecule has 5 nitrogen and oxygen atoms in total. The van der Waals surface area contributed by atoms with E-state index in [0.29, 0.717) is 23.7 Å². The van der Waals surface area contributed by atoms with Crippen molar-refractivity contribution in [3.63, 3.8) is 0 Å². The maximum Gasteiger partial charge on any atom is 0.364 e. The lowest BCUT2D eigenvalue weighted by molar-refractivity contribution is -0.262. The molecule has 4 aliphatic rings. The summed E-state index contributed by atoms with van der Waals surface area (Å²) in [5, 5.41) is 0. The molecule has 23 heavy (non-hydrogen) atoms. The molecule has 0 aromatic heterocycles. The van der Waals surface area contributed by atoms with Crippen LogP contribution in [0.2, 0.25) is 0 Å². The average molecular weight is 322 g/mol. The van der Waals surface area contributed by atoms with Gasteiger partial charge in [0, 0.05) is 7.11 Å². The Morgan fingerprint density at radius 3 is 1.57 bits per heavy atom. The van der Waals surface area contributed by atoms with Crippen LogP contribution in [0.15, 0.2) is 0 Å². The number of carbonyl (C=O) groups excluding carboxylic acids is 2. The van der Waals surface area contributed by atoms with Gasteiger partial charge in [0.15, 0.2) is 0 Å². The number of fused-ring (bicyclic) bond motifs is 4. The Kier molecular flexibility index (Phi) is 4.08. The summed E-state index contributed by atoms with van der Waals surface area (Å²) in [7, 11) is 1.41. The molecule has 4 bridgehead atoms. The Bertz CT molecular complexity index is 448. The normalized spacial score (nSPS) is 42.0. The van der Waals surface area contributed by atoms with Crippen LogP contribution in [0, 0.1) is 35.5 Å². The lowest BCUT2D eigenvalue weighted by atomic mass is 9.89. The first kappa shape index (κ1) is 15.4. The summed E-state index contributed by atoms with van der Waals surface area (Å²) < 4.78 is 15.8. The van der Waals surface area contributed by atoms with E-state index in [0.717, 1.165) is 38.5 Å². The van der Waals surface area contributed by atoms with Gasteiger partial charge in [-0.25, -0.2) is 0 Å². The van der Waals surface area contributed by atoms with E-state index < -0.39 is 6.48 Å². The fraction of sp³-hybridized carbons (Fsp3) is 0.889. The van der Waals surface area contributed by atoms with Crippen molar-refractivity contribution in [2.45, 2.75) is 57.8 Å². The average Bonchev–Trinajstić information content (AvgIpc) is 3.32. The maximum atomic E-state index is 12.3. The zero-order valence-corrected chi connectivity index (χ0v) is 13.7. The number of methoxy groups -OCH3 is 1.